The second kappa shape index (κ2) is 6.76. The Hall–Kier alpha value is -3.34. The molecule has 0 spiro atoms. The van der Waals surface area contributed by atoms with Crippen LogP contribution in [0, 0.1) is 11.6 Å². The number of carbonyl (C=O) groups is 1. The van der Waals surface area contributed by atoms with Gasteiger partial charge in [-0.25, -0.2) is 18.3 Å². The van der Waals surface area contributed by atoms with Crippen LogP contribution in [-0.4, -0.2) is 31.7 Å². The maximum atomic E-state index is 13.4. The third-order valence-corrected chi connectivity index (χ3v) is 4.57. The molecule has 0 fully saturated rings. The van der Waals surface area contributed by atoms with Gasteiger partial charge in [0.25, 0.3) is 0 Å². The van der Waals surface area contributed by atoms with Crippen LogP contribution in [0.5, 0.6) is 5.75 Å². The number of H-pyrrole nitrogens is 1. The minimum Gasteiger partial charge on any atom is -0.495 e. The van der Waals surface area contributed by atoms with E-state index in [9.17, 15) is 22.0 Å². The van der Waals surface area contributed by atoms with Gasteiger partial charge in [-0.05, 0) is 30.3 Å². The van der Waals surface area contributed by atoms with Crippen molar-refractivity contribution in [2.24, 2.45) is 0 Å². The molecule has 0 atom stereocenters. The molecule has 0 unspecified atom stereocenters. The summed E-state index contributed by atoms with van der Waals surface area (Å²) >= 11 is 0. The molecule has 0 saturated heterocycles. The van der Waals surface area contributed by atoms with Crippen molar-refractivity contribution in [3.05, 3.63) is 48.0 Å². The summed E-state index contributed by atoms with van der Waals surface area (Å²) in [5.74, 6) is -1.85. The van der Waals surface area contributed by atoms with Crippen LogP contribution < -0.4 is 14.2 Å². The molecule has 0 aliphatic heterocycles. The number of methoxy groups -OCH3 is 1. The molecule has 2 aromatic carbocycles. The van der Waals surface area contributed by atoms with E-state index in [0.29, 0.717) is 22.2 Å². The Kier molecular flexibility index (Phi) is 4.62. The van der Waals surface area contributed by atoms with Gasteiger partial charge in [0, 0.05) is 28.2 Å². The van der Waals surface area contributed by atoms with Crippen molar-refractivity contribution >= 4 is 32.9 Å². The predicted molar refractivity (Wildman–Crippen MR) is 93.9 cm³/mol. The van der Waals surface area contributed by atoms with Crippen molar-refractivity contribution in [1.82, 2.24) is 9.71 Å². The fourth-order valence-corrected chi connectivity index (χ4v) is 3.25. The molecule has 0 radical (unpaired) electrons. The van der Waals surface area contributed by atoms with E-state index in [1.54, 1.807) is 12.1 Å². The van der Waals surface area contributed by atoms with Gasteiger partial charge in [0.1, 0.15) is 5.75 Å². The molecular weight excluding hydrogens is 384 g/mol. The highest BCUT2D eigenvalue weighted by Gasteiger charge is 2.17. The van der Waals surface area contributed by atoms with Gasteiger partial charge in [0.15, 0.2) is 11.6 Å². The van der Waals surface area contributed by atoms with Crippen LogP contribution in [0.1, 0.15) is 0 Å². The summed E-state index contributed by atoms with van der Waals surface area (Å²) in [5, 5.41) is 9.01. The number of aromatic amines is 1. The van der Waals surface area contributed by atoms with E-state index >= 15 is 0 Å². The zero-order chi connectivity index (χ0) is 19.8. The molecule has 11 heteroatoms. The molecular formula is C16H13F2N3O5S. The molecule has 4 N–H and O–H groups in total. The van der Waals surface area contributed by atoms with Gasteiger partial charge in [-0.3, -0.25) is 4.72 Å². The summed E-state index contributed by atoms with van der Waals surface area (Å²) < 4.78 is 58.8. The molecule has 0 aliphatic carbocycles. The SMILES string of the molecule is COc1ccc(-c2cc3cc(F)c(F)cc3[nH]2)cc1NS(=O)(=O)NC(=O)O. The Balaban J connectivity index is 2.03. The number of amides is 1. The molecule has 0 bridgehead atoms. The second-order valence-corrected chi connectivity index (χ2v) is 6.88. The smallest absolute Gasteiger partial charge is 0.419 e. The molecule has 3 rings (SSSR count). The number of carboxylic acid groups (broad SMARTS) is 1. The van der Waals surface area contributed by atoms with Crippen molar-refractivity contribution < 1.29 is 31.8 Å². The van der Waals surface area contributed by atoms with Crippen LogP contribution in [0.4, 0.5) is 19.3 Å². The maximum absolute atomic E-state index is 13.4. The van der Waals surface area contributed by atoms with Crippen molar-refractivity contribution in [3.63, 3.8) is 0 Å². The first-order chi connectivity index (χ1) is 12.7. The van der Waals surface area contributed by atoms with Crippen LogP contribution in [0.3, 0.4) is 0 Å². The standard InChI is InChI=1S/C16H13F2N3O5S/c1-26-15-3-2-8(5-14(15)20-27(24,25)21-16(22)23)12-6-9-4-10(17)11(18)7-13(9)19-12/h2-7,19-21H,1H3,(H,22,23). The second-order valence-electron chi connectivity index (χ2n) is 5.46. The van der Waals surface area contributed by atoms with Gasteiger partial charge in [-0.15, -0.1) is 0 Å². The molecule has 0 saturated carbocycles. The van der Waals surface area contributed by atoms with Crippen LogP contribution in [-0.2, 0) is 10.2 Å². The summed E-state index contributed by atoms with van der Waals surface area (Å²) in [6.07, 6.45) is -1.75. The van der Waals surface area contributed by atoms with E-state index in [0.717, 1.165) is 12.1 Å². The van der Waals surface area contributed by atoms with Gasteiger partial charge >= 0.3 is 16.3 Å². The normalized spacial score (nSPS) is 11.4. The van der Waals surface area contributed by atoms with Gasteiger partial charge in [-0.2, -0.15) is 8.42 Å². The maximum Gasteiger partial charge on any atom is 0.419 e. The zero-order valence-corrected chi connectivity index (χ0v) is 14.5. The quantitative estimate of drug-likeness (QED) is 0.527. The summed E-state index contributed by atoms with van der Waals surface area (Å²) in [6, 6.07) is 8.05. The molecule has 1 amide bonds. The van der Waals surface area contributed by atoms with Gasteiger partial charge in [-0.1, -0.05) is 0 Å². The number of hydrogen-bond acceptors (Lipinski definition) is 4. The van der Waals surface area contributed by atoms with Crippen LogP contribution in [0.25, 0.3) is 22.2 Å². The number of fused-ring (bicyclic) bond motifs is 1. The number of benzene rings is 2. The highest BCUT2D eigenvalue weighted by molar-refractivity contribution is 7.91. The predicted octanol–water partition coefficient (Wildman–Crippen LogP) is 3.05. The Morgan fingerprint density at radius 2 is 1.85 bits per heavy atom. The lowest BCUT2D eigenvalue weighted by Crippen LogP contribution is -2.34. The Morgan fingerprint density at radius 3 is 2.52 bits per heavy atom. The number of hydrogen-bond donors (Lipinski definition) is 4. The zero-order valence-electron chi connectivity index (χ0n) is 13.7. The summed E-state index contributed by atoms with van der Waals surface area (Å²) in [7, 11) is -3.08. The minimum absolute atomic E-state index is 0.0280. The summed E-state index contributed by atoms with van der Waals surface area (Å²) in [6.45, 7) is 0. The first kappa shape index (κ1) is 18.5. The lowest BCUT2D eigenvalue weighted by molar-refractivity contribution is 0.201. The number of anilines is 1. The number of halogens is 2. The van der Waals surface area contributed by atoms with E-state index in [2.05, 4.69) is 9.71 Å². The van der Waals surface area contributed by atoms with Crippen molar-refractivity contribution in [2.75, 3.05) is 11.8 Å². The third-order valence-electron chi connectivity index (χ3n) is 3.64. The van der Waals surface area contributed by atoms with Crippen LogP contribution in [0.2, 0.25) is 0 Å². The Bertz CT molecular complexity index is 1110. The highest BCUT2D eigenvalue weighted by Crippen LogP contribution is 2.32. The molecule has 1 aromatic heterocycles. The first-order valence-corrected chi connectivity index (χ1v) is 8.86. The number of rotatable bonds is 5. The molecule has 3 aromatic rings. The average Bonchev–Trinajstić information content (AvgIpc) is 2.96. The average molecular weight is 397 g/mol. The number of nitrogens with one attached hydrogen (secondary N) is 3. The lowest BCUT2D eigenvalue weighted by Gasteiger charge is -2.12. The molecule has 142 valence electrons. The fraction of sp³-hybridized carbons (Fsp3) is 0.0625. The molecule has 1 heterocycles. The van der Waals surface area contributed by atoms with E-state index in [1.165, 1.54) is 24.0 Å². The topological polar surface area (TPSA) is 121 Å². The largest absolute Gasteiger partial charge is 0.495 e. The van der Waals surface area contributed by atoms with Gasteiger partial charge < -0.3 is 14.8 Å². The van der Waals surface area contributed by atoms with Gasteiger partial charge in [0.2, 0.25) is 0 Å². The van der Waals surface area contributed by atoms with E-state index < -0.39 is 27.9 Å². The van der Waals surface area contributed by atoms with Crippen molar-refractivity contribution in [2.45, 2.75) is 0 Å². The number of aromatic nitrogens is 1. The Labute approximate surface area is 152 Å². The van der Waals surface area contributed by atoms with Crippen molar-refractivity contribution in [3.8, 4) is 17.0 Å². The van der Waals surface area contributed by atoms with Crippen LogP contribution >= 0.6 is 0 Å². The fourth-order valence-electron chi connectivity index (χ4n) is 2.52. The Morgan fingerprint density at radius 1 is 1.15 bits per heavy atom. The first-order valence-electron chi connectivity index (χ1n) is 7.38. The highest BCUT2D eigenvalue weighted by atomic mass is 32.2. The minimum atomic E-state index is -4.39. The summed E-state index contributed by atoms with van der Waals surface area (Å²) in [5.41, 5.74) is 1.26. The molecule has 0 aliphatic rings. The van der Waals surface area contributed by atoms with E-state index in [-0.39, 0.29) is 11.4 Å². The van der Waals surface area contributed by atoms with Gasteiger partial charge in [0.05, 0.1) is 12.8 Å². The lowest BCUT2D eigenvalue weighted by atomic mass is 10.1. The monoisotopic (exact) mass is 397 g/mol. The van der Waals surface area contributed by atoms with E-state index in [4.69, 9.17) is 9.84 Å². The molecule has 27 heavy (non-hydrogen) atoms. The number of ether oxygens (including phenoxy) is 1. The van der Waals surface area contributed by atoms with Crippen molar-refractivity contribution in [1.29, 1.82) is 0 Å². The van der Waals surface area contributed by atoms with E-state index in [1.807, 2.05) is 0 Å². The third kappa shape index (κ3) is 3.92. The van der Waals surface area contributed by atoms with Crippen LogP contribution in [0.15, 0.2) is 36.4 Å². The summed E-state index contributed by atoms with van der Waals surface area (Å²) in [4.78, 5) is 13.5. The molecule has 8 nitrogen and oxygen atoms in total.